The number of nitrogen functional groups attached to an aromatic ring is 1. The maximum atomic E-state index is 10.8. The first kappa shape index (κ1) is 22.8. The lowest BCUT2D eigenvalue weighted by Crippen LogP contribution is -2.48. The molecular weight excluding hydrogens is 394 g/mol. The molecule has 2 aromatic heterocycles. The highest BCUT2D eigenvalue weighted by atomic mass is 16.5. The van der Waals surface area contributed by atoms with E-state index in [1.165, 1.54) is 6.42 Å². The van der Waals surface area contributed by atoms with Gasteiger partial charge in [0.05, 0.1) is 12.8 Å². The molecular formula is C22H33N7O2. The number of unbranched alkanes of at least 4 members (excludes halogenated alkanes) is 3. The monoisotopic (exact) mass is 427 g/mol. The molecule has 1 unspecified atom stereocenters. The van der Waals surface area contributed by atoms with Crippen molar-refractivity contribution in [2.75, 3.05) is 25.4 Å². The molecule has 1 atom stereocenters. The zero-order valence-electron chi connectivity index (χ0n) is 18.3. The summed E-state index contributed by atoms with van der Waals surface area (Å²) in [5.41, 5.74) is 8.74. The first-order valence-electron chi connectivity index (χ1n) is 11.3. The maximum Gasteiger partial charge on any atom is 0.319 e. The summed E-state index contributed by atoms with van der Waals surface area (Å²) in [7, 11) is 0. The van der Waals surface area contributed by atoms with Gasteiger partial charge in [0, 0.05) is 18.7 Å². The highest BCUT2D eigenvalue weighted by molar-refractivity contribution is 5.89. The van der Waals surface area contributed by atoms with Crippen LogP contribution in [0.3, 0.4) is 0 Å². The van der Waals surface area contributed by atoms with E-state index in [1.54, 1.807) is 0 Å². The van der Waals surface area contributed by atoms with Crippen LogP contribution in [0.5, 0.6) is 6.01 Å². The molecule has 1 amide bonds. The molecule has 0 radical (unpaired) electrons. The molecule has 2 aromatic rings. The number of nitrogens with one attached hydrogen (secondary N) is 2. The number of rotatable bonds is 12. The molecule has 3 heterocycles. The van der Waals surface area contributed by atoms with Gasteiger partial charge in [0.15, 0.2) is 5.82 Å². The summed E-state index contributed by atoms with van der Waals surface area (Å²) in [6, 6.07) is 2.49. The van der Waals surface area contributed by atoms with Crippen molar-refractivity contribution in [2.24, 2.45) is 0 Å². The average molecular weight is 428 g/mol. The predicted octanol–water partition coefficient (Wildman–Crippen LogP) is 2.86. The van der Waals surface area contributed by atoms with Gasteiger partial charge in [-0.3, -0.25) is 9.69 Å². The lowest BCUT2D eigenvalue weighted by atomic mass is 10.0. The summed E-state index contributed by atoms with van der Waals surface area (Å²) in [5, 5.41) is 12.5. The van der Waals surface area contributed by atoms with Gasteiger partial charge in [-0.2, -0.15) is 15.2 Å². The van der Waals surface area contributed by atoms with Gasteiger partial charge in [0.2, 0.25) is 6.41 Å². The molecule has 0 spiro atoms. The minimum Gasteiger partial charge on any atom is -0.463 e. The van der Waals surface area contributed by atoms with Gasteiger partial charge >= 0.3 is 6.01 Å². The number of carbonyl (C=O) groups is 1. The maximum absolute atomic E-state index is 10.8. The molecule has 1 aliphatic rings. The van der Waals surface area contributed by atoms with Crippen molar-refractivity contribution in [3.63, 3.8) is 0 Å². The number of hydrogen-bond acceptors (Lipinski definition) is 7. The Labute approximate surface area is 183 Å². The quantitative estimate of drug-likeness (QED) is 0.350. The number of fused-ring (bicyclic) bond motifs is 1. The van der Waals surface area contributed by atoms with Gasteiger partial charge in [-0.05, 0) is 44.9 Å². The van der Waals surface area contributed by atoms with Gasteiger partial charge in [-0.15, -0.1) is 0 Å². The third kappa shape index (κ3) is 5.85. The van der Waals surface area contributed by atoms with Crippen LogP contribution in [0.15, 0.2) is 0 Å². The highest BCUT2D eigenvalue weighted by Crippen LogP contribution is 2.27. The van der Waals surface area contributed by atoms with Crippen LogP contribution < -0.4 is 15.8 Å². The third-order valence-electron chi connectivity index (χ3n) is 5.84. The number of H-pyrrole nitrogens is 1. The first-order valence-corrected chi connectivity index (χ1v) is 11.3. The number of nitriles is 1. The van der Waals surface area contributed by atoms with E-state index in [1.807, 2.05) is 0 Å². The van der Waals surface area contributed by atoms with Crippen molar-refractivity contribution in [3.8, 4) is 12.1 Å². The molecule has 0 aromatic carbocycles. The van der Waals surface area contributed by atoms with Crippen molar-refractivity contribution in [2.45, 2.75) is 70.9 Å². The summed E-state index contributed by atoms with van der Waals surface area (Å²) in [6.45, 7) is 4.64. The van der Waals surface area contributed by atoms with Crippen LogP contribution in [0.2, 0.25) is 0 Å². The second kappa shape index (κ2) is 11.5. The van der Waals surface area contributed by atoms with Crippen molar-refractivity contribution in [1.29, 1.82) is 5.26 Å². The minimum absolute atomic E-state index is 0.163. The second-order valence-corrected chi connectivity index (χ2v) is 8.05. The largest absolute Gasteiger partial charge is 0.463 e. The zero-order valence-corrected chi connectivity index (χ0v) is 18.3. The molecule has 1 saturated heterocycles. The molecule has 31 heavy (non-hydrogen) atoms. The van der Waals surface area contributed by atoms with Crippen LogP contribution in [0.25, 0.3) is 11.0 Å². The molecule has 1 aliphatic heterocycles. The van der Waals surface area contributed by atoms with Crippen molar-refractivity contribution < 1.29 is 9.53 Å². The topological polar surface area (TPSA) is 133 Å². The summed E-state index contributed by atoms with van der Waals surface area (Å²) in [6.07, 6.45) is 10.0. The van der Waals surface area contributed by atoms with E-state index in [-0.39, 0.29) is 12.2 Å². The molecule has 9 nitrogen and oxygen atoms in total. The number of ether oxygens (including phenoxy) is 1. The number of carbonyl (C=O) groups excluding carboxylic acids is 1. The van der Waals surface area contributed by atoms with E-state index in [4.69, 9.17) is 10.5 Å². The predicted molar refractivity (Wildman–Crippen MR) is 119 cm³/mol. The van der Waals surface area contributed by atoms with E-state index >= 15 is 0 Å². The Morgan fingerprint density at radius 1 is 1.32 bits per heavy atom. The van der Waals surface area contributed by atoms with E-state index in [0.29, 0.717) is 29.2 Å². The van der Waals surface area contributed by atoms with Crippen LogP contribution in [-0.4, -0.2) is 52.1 Å². The van der Waals surface area contributed by atoms with Gasteiger partial charge in [-0.25, -0.2) is 0 Å². The Bertz CT molecular complexity index is 905. The third-order valence-corrected chi connectivity index (χ3v) is 5.84. The zero-order chi connectivity index (χ0) is 22.1. The fourth-order valence-electron chi connectivity index (χ4n) is 4.15. The smallest absolute Gasteiger partial charge is 0.319 e. The van der Waals surface area contributed by atoms with Crippen molar-refractivity contribution >= 4 is 23.3 Å². The Hall–Kier alpha value is -2.86. The Kier molecular flexibility index (Phi) is 8.47. The van der Waals surface area contributed by atoms with E-state index < -0.39 is 0 Å². The van der Waals surface area contributed by atoms with Gasteiger partial charge in [-0.1, -0.05) is 19.8 Å². The number of aryl methyl sites for hydroxylation is 1. The number of anilines is 1. The van der Waals surface area contributed by atoms with Gasteiger partial charge < -0.3 is 20.8 Å². The summed E-state index contributed by atoms with van der Waals surface area (Å²) in [5.74, 6) is 0.304. The fourth-order valence-corrected chi connectivity index (χ4v) is 4.15. The number of hydrogen-bond donors (Lipinski definition) is 3. The van der Waals surface area contributed by atoms with Crippen LogP contribution in [0.4, 0.5) is 5.82 Å². The molecule has 0 aliphatic carbocycles. The molecule has 168 valence electrons. The minimum atomic E-state index is 0.163. The number of amides is 1. The van der Waals surface area contributed by atoms with Crippen LogP contribution >= 0.6 is 0 Å². The fraction of sp³-hybridized carbons (Fsp3) is 0.636. The SMILES string of the molecule is CCCCOc1nc(N)c2[nH]c(C#N)c(CCCCCN3CCCCC3NC=O)c2n1. The lowest BCUT2D eigenvalue weighted by molar-refractivity contribution is -0.111. The molecule has 4 N–H and O–H groups in total. The van der Waals surface area contributed by atoms with Crippen LogP contribution in [-0.2, 0) is 11.2 Å². The van der Waals surface area contributed by atoms with Crippen LogP contribution in [0.1, 0.15) is 69.5 Å². The number of piperidine rings is 1. The number of aromatic amines is 1. The number of aromatic nitrogens is 3. The van der Waals surface area contributed by atoms with E-state index in [9.17, 15) is 10.1 Å². The second-order valence-electron chi connectivity index (χ2n) is 8.05. The van der Waals surface area contributed by atoms with Gasteiger partial charge in [0.1, 0.15) is 22.8 Å². The molecule has 3 rings (SSSR count). The Morgan fingerprint density at radius 2 is 2.19 bits per heavy atom. The van der Waals surface area contributed by atoms with Gasteiger partial charge in [0.25, 0.3) is 0 Å². The summed E-state index contributed by atoms with van der Waals surface area (Å²) < 4.78 is 5.64. The first-order chi connectivity index (χ1) is 15.2. The summed E-state index contributed by atoms with van der Waals surface area (Å²) >= 11 is 0. The highest BCUT2D eigenvalue weighted by Gasteiger charge is 2.21. The van der Waals surface area contributed by atoms with E-state index in [2.05, 4.69) is 38.2 Å². The Morgan fingerprint density at radius 3 is 2.97 bits per heavy atom. The van der Waals surface area contributed by atoms with E-state index in [0.717, 1.165) is 76.4 Å². The molecule has 0 bridgehead atoms. The molecule has 1 fully saturated rings. The molecule has 9 heteroatoms. The Balaban J connectivity index is 1.60. The number of nitrogens with zero attached hydrogens (tertiary/aromatic N) is 4. The number of nitrogens with two attached hydrogens (primary N) is 1. The lowest BCUT2D eigenvalue weighted by Gasteiger charge is -2.35. The van der Waals surface area contributed by atoms with Crippen molar-refractivity contribution in [3.05, 3.63) is 11.3 Å². The van der Waals surface area contributed by atoms with Crippen LogP contribution in [0, 0.1) is 11.3 Å². The molecule has 0 saturated carbocycles. The average Bonchev–Trinajstić information content (AvgIpc) is 3.13. The normalized spacial score (nSPS) is 16.8. The number of likely N-dealkylation sites (tertiary alicyclic amines) is 1. The van der Waals surface area contributed by atoms with Crippen molar-refractivity contribution in [1.82, 2.24) is 25.2 Å². The standard InChI is InChI=1S/C22H33N7O2/c1-2-3-13-31-22-27-19-16(17(14-23)26-20(19)21(24)28-22)9-5-4-7-11-29-12-8-6-10-18(29)25-15-30/h15,18,26H,2-13H2,1H3,(H,25,30)(H2,24,27,28). The summed E-state index contributed by atoms with van der Waals surface area (Å²) in [4.78, 5) is 25.0.